The van der Waals surface area contributed by atoms with Crippen LogP contribution in [0.2, 0.25) is 5.28 Å². The van der Waals surface area contributed by atoms with Crippen LogP contribution in [0.15, 0.2) is 36.5 Å². The van der Waals surface area contributed by atoms with E-state index in [-0.39, 0.29) is 17.1 Å². The van der Waals surface area contributed by atoms with E-state index in [9.17, 15) is 4.39 Å². The molecule has 88 valence electrons. The number of nitrogens with zero attached hydrogens (tertiary/aromatic N) is 2. The standard InChI is InChI=1S/C12H11ClFN3/c1-8(9-5-3-2-4-6-9)16-11-10(14)7-15-12(13)17-11/h2-8H,1H3,(H,15,16,17)/t8-/m1/s1. The van der Waals surface area contributed by atoms with Crippen molar-refractivity contribution in [2.75, 3.05) is 5.32 Å². The van der Waals surface area contributed by atoms with E-state index in [1.54, 1.807) is 0 Å². The summed E-state index contributed by atoms with van der Waals surface area (Å²) in [6.07, 6.45) is 1.05. The molecule has 0 unspecified atom stereocenters. The molecule has 3 nitrogen and oxygen atoms in total. The molecule has 0 bridgehead atoms. The third-order valence-corrected chi connectivity index (χ3v) is 2.55. The first-order valence-electron chi connectivity index (χ1n) is 5.16. The lowest BCUT2D eigenvalue weighted by molar-refractivity contribution is 0.613. The van der Waals surface area contributed by atoms with E-state index in [1.807, 2.05) is 37.3 Å². The van der Waals surface area contributed by atoms with Gasteiger partial charge in [-0.3, -0.25) is 0 Å². The molecule has 0 radical (unpaired) electrons. The van der Waals surface area contributed by atoms with Crippen molar-refractivity contribution in [3.05, 3.63) is 53.2 Å². The molecule has 0 spiro atoms. The largest absolute Gasteiger partial charge is 0.361 e. The maximum absolute atomic E-state index is 13.4. The van der Waals surface area contributed by atoms with Gasteiger partial charge in [-0.25, -0.2) is 9.37 Å². The zero-order chi connectivity index (χ0) is 12.3. The van der Waals surface area contributed by atoms with Crippen LogP contribution >= 0.6 is 11.6 Å². The van der Waals surface area contributed by atoms with Crippen LogP contribution in [0.4, 0.5) is 10.2 Å². The Labute approximate surface area is 104 Å². The molecule has 0 fully saturated rings. The highest BCUT2D eigenvalue weighted by atomic mass is 35.5. The highest BCUT2D eigenvalue weighted by molar-refractivity contribution is 6.28. The molecule has 0 saturated carbocycles. The van der Waals surface area contributed by atoms with E-state index in [4.69, 9.17) is 11.6 Å². The summed E-state index contributed by atoms with van der Waals surface area (Å²) in [5.74, 6) is -0.404. The van der Waals surface area contributed by atoms with Gasteiger partial charge in [0.1, 0.15) is 0 Å². The summed E-state index contributed by atoms with van der Waals surface area (Å²) in [6, 6.07) is 9.64. The minimum atomic E-state index is -0.516. The summed E-state index contributed by atoms with van der Waals surface area (Å²) < 4.78 is 13.4. The van der Waals surface area contributed by atoms with Gasteiger partial charge in [-0.05, 0) is 24.1 Å². The Kier molecular flexibility index (Phi) is 3.54. The summed E-state index contributed by atoms with van der Waals surface area (Å²) in [4.78, 5) is 7.37. The minimum Gasteiger partial charge on any atom is -0.361 e. The lowest BCUT2D eigenvalue weighted by atomic mass is 10.1. The number of rotatable bonds is 3. The first-order valence-corrected chi connectivity index (χ1v) is 5.54. The van der Waals surface area contributed by atoms with Crippen LogP contribution in [0.5, 0.6) is 0 Å². The van der Waals surface area contributed by atoms with Crippen LogP contribution in [-0.2, 0) is 0 Å². The molecule has 1 aromatic carbocycles. The van der Waals surface area contributed by atoms with E-state index in [2.05, 4.69) is 15.3 Å². The number of anilines is 1. The van der Waals surface area contributed by atoms with Gasteiger partial charge in [0, 0.05) is 0 Å². The molecule has 17 heavy (non-hydrogen) atoms. The Morgan fingerprint density at radius 2 is 2.00 bits per heavy atom. The van der Waals surface area contributed by atoms with Crippen LogP contribution in [-0.4, -0.2) is 9.97 Å². The molecule has 2 aromatic rings. The molecule has 0 aliphatic rings. The smallest absolute Gasteiger partial charge is 0.224 e. The predicted molar refractivity (Wildman–Crippen MR) is 65.5 cm³/mol. The van der Waals surface area contributed by atoms with Crippen LogP contribution in [0.3, 0.4) is 0 Å². The number of hydrogen-bond acceptors (Lipinski definition) is 3. The monoisotopic (exact) mass is 251 g/mol. The van der Waals surface area contributed by atoms with Gasteiger partial charge in [-0.15, -0.1) is 0 Å². The highest BCUT2D eigenvalue weighted by Gasteiger charge is 2.10. The molecule has 5 heteroatoms. The van der Waals surface area contributed by atoms with E-state index < -0.39 is 5.82 Å². The van der Waals surface area contributed by atoms with Crippen molar-refractivity contribution in [1.82, 2.24) is 9.97 Å². The number of halogens is 2. The molecule has 0 aliphatic heterocycles. The SMILES string of the molecule is C[C@@H](Nc1nc(Cl)ncc1F)c1ccccc1. The molecule has 2 rings (SSSR count). The summed E-state index contributed by atoms with van der Waals surface area (Å²) >= 11 is 5.62. The third-order valence-electron chi connectivity index (χ3n) is 2.37. The molecule has 1 aromatic heterocycles. The molecule has 0 saturated heterocycles. The van der Waals surface area contributed by atoms with Crippen molar-refractivity contribution in [2.24, 2.45) is 0 Å². The number of hydrogen-bond donors (Lipinski definition) is 1. The third kappa shape index (κ3) is 2.91. The van der Waals surface area contributed by atoms with Crippen molar-refractivity contribution in [3.63, 3.8) is 0 Å². The van der Waals surface area contributed by atoms with Gasteiger partial charge >= 0.3 is 0 Å². The Bertz CT molecular complexity index is 504. The van der Waals surface area contributed by atoms with Gasteiger partial charge in [0.15, 0.2) is 11.6 Å². The van der Waals surface area contributed by atoms with Crippen molar-refractivity contribution in [3.8, 4) is 0 Å². The maximum Gasteiger partial charge on any atom is 0.224 e. The number of benzene rings is 1. The van der Waals surface area contributed by atoms with Gasteiger partial charge in [-0.1, -0.05) is 30.3 Å². The van der Waals surface area contributed by atoms with Gasteiger partial charge in [-0.2, -0.15) is 4.98 Å². The van der Waals surface area contributed by atoms with Crippen LogP contribution in [0.25, 0.3) is 0 Å². The quantitative estimate of drug-likeness (QED) is 0.849. The second-order valence-electron chi connectivity index (χ2n) is 3.61. The predicted octanol–water partition coefficient (Wildman–Crippen LogP) is 3.44. The fourth-order valence-corrected chi connectivity index (χ4v) is 1.61. The van der Waals surface area contributed by atoms with Crippen molar-refractivity contribution < 1.29 is 4.39 Å². The summed E-state index contributed by atoms with van der Waals surface area (Å²) in [5, 5.41) is 2.98. The van der Waals surface area contributed by atoms with Crippen molar-refractivity contribution in [1.29, 1.82) is 0 Å². The molecule has 1 N–H and O–H groups in total. The molecule has 1 atom stereocenters. The zero-order valence-corrected chi connectivity index (χ0v) is 9.95. The average Bonchev–Trinajstić information content (AvgIpc) is 2.35. The maximum atomic E-state index is 13.4. The Balaban J connectivity index is 2.18. The van der Waals surface area contributed by atoms with Crippen molar-refractivity contribution >= 4 is 17.4 Å². The van der Waals surface area contributed by atoms with Gasteiger partial charge < -0.3 is 5.32 Å². The Morgan fingerprint density at radius 3 is 2.71 bits per heavy atom. The molecule has 1 heterocycles. The molecule has 0 amide bonds. The van der Waals surface area contributed by atoms with Crippen LogP contribution in [0.1, 0.15) is 18.5 Å². The molecular formula is C12H11ClFN3. The highest BCUT2D eigenvalue weighted by Crippen LogP contribution is 2.20. The fraction of sp³-hybridized carbons (Fsp3) is 0.167. The van der Waals surface area contributed by atoms with Gasteiger partial charge in [0.25, 0.3) is 0 Å². The van der Waals surface area contributed by atoms with Crippen LogP contribution in [0, 0.1) is 5.82 Å². The molecular weight excluding hydrogens is 241 g/mol. The summed E-state index contributed by atoms with van der Waals surface area (Å²) in [5.41, 5.74) is 1.04. The average molecular weight is 252 g/mol. The molecule has 0 aliphatic carbocycles. The van der Waals surface area contributed by atoms with E-state index in [0.717, 1.165) is 11.8 Å². The Hall–Kier alpha value is -1.68. The lowest BCUT2D eigenvalue weighted by Crippen LogP contribution is -2.09. The normalized spacial score (nSPS) is 12.2. The van der Waals surface area contributed by atoms with Gasteiger partial charge in [0.2, 0.25) is 5.28 Å². The number of aromatic nitrogens is 2. The van der Waals surface area contributed by atoms with Crippen LogP contribution < -0.4 is 5.32 Å². The first-order chi connectivity index (χ1) is 8.16. The minimum absolute atomic E-state index is 0.0224. The Morgan fingerprint density at radius 1 is 1.29 bits per heavy atom. The summed E-state index contributed by atoms with van der Waals surface area (Å²) in [7, 11) is 0. The fourth-order valence-electron chi connectivity index (χ4n) is 1.48. The van der Waals surface area contributed by atoms with Gasteiger partial charge in [0.05, 0.1) is 12.2 Å². The van der Waals surface area contributed by atoms with E-state index in [0.29, 0.717) is 0 Å². The second-order valence-corrected chi connectivity index (χ2v) is 3.95. The van der Waals surface area contributed by atoms with E-state index in [1.165, 1.54) is 0 Å². The first kappa shape index (κ1) is 11.8. The summed E-state index contributed by atoms with van der Waals surface area (Å²) in [6.45, 7) is 1.92. The number of nitrogens with one attached hydrogen (secondary N) is 1. The van der Waals surface area contributed by atoms with E-state index >= 15 is 0 Å². The lowest BCUT2D eigenvalue weighted by Gasteiger charge is -2.15. The van der Waals surface area contributed by atoms with Crippen molar-refractivity contribution in [2.45, 2.75) is 13.0 Å². The topological polar surface area (TPSA) is 37.8 Å². The zero-order valence-electron chi connectivity index (χ0n) is 9.19. The second kappa shape index (κ2) is 5.10.